The number of nitriles is 1. The van der Waals surface area contributed by atoms with Gasteiger partial charge in [0, 0.05) is 17.8 Å². The van der Waals surface area contributed by atoms with Crippen LogP contribution in [0.4, 0.5) is 11.4 Å². The Hall–Kier alpha value is -4.97. The van der Waals surface area contributed by atoms with Crippen molar-refractivity contribution >= 4 is 29.3 Å². The topological polar surface area (TPSA) is 132 Å². The molecule has 34 heavy (non-hydrogen) atoms. The molecule has 9 heteroatoms. The van der Waals surface area contributed by atoms with E-state index in [1.54, 1.807) is 55.5 Å². The van der Waals surface area contributed by atoms with Gasteiger partial charge in [0.05, 0.1) is 17.6 Å². The molecule has 0 unspecified atom stereocenters. The molecule has 9 nitrogen and oxygen atoms in total. The molecule has 0 spiro atoms. The molecule has 0 aliphatic rings. The summed E-state index contributed by atoms with van der Waals surface area (Å²) < 4.78 is 10.4. The molecule has 0 aromatic heterocycles. The lowest BCUT2D eigenvalue weighted by Crippen LogP contribution is -2.14. The van der Waals surface area contributed by atoms with Crippen molar-refractivity contribution in [1.82, 2.24) is 0 Å². The van der Waals surface area contributed by atoms with Gasteiger partial charge in [-0.3, -0.25) is 14.9 Å². The summed E-state index contributed by atoms with van der Waals surface area (Å²) in [6.07, 6.45) is 1.38. The molecular formula is C25H19N3O6. The van der Waals surface area contributed by atoms with Gasteiger partial charge in [-0.1, -0.05) is 12.1 Å². The van der Waals surface area contributed by atoms with E-state index >= 15 is 0 Å². The molecule has 3 aromatic rings. The van der Waals surface area contributed by atoms with Gasteiger partial charge in [0.15, 0.2) is 0 Å². The third-order valence-electron chi connectivity index (χ3n) is 4.76. The van der Waals surface area contributed by atoms with Crippen molar-refractivity contribution in [1.29, 1.82) is 5.26 Å². The number of carbonyl (C=O) groups excluding carboxylic acids is 2. The van der Waals surface area contributed by atoms with Gasteiger partial charge in [0.1, 0.15) is 23.1 Å². The van der Waals surface area contributed by atoms with E-state index in [1.807, 2.05) is 6.07 Å². The van der Waals surface area contributed by atoms with Crippen molar-refractivity contribution in [3.63, 3.8) is 0 Å². The second-order valence-corrected chi connectivity index (χ2v) is 7.07. The fourth-order valence-corrected chi connectivity index (χ4v) is 2.93. The number of benzene rings is 3. The number of hydrogen-bond acceptors (Lipinski definition) is 7. The zero-order chi connectivity index (χ0) is 24.7. The first kappa shape index (κ1) is 23.7. The fourth-order valence-electron chi connectivity index (χ4n) is 2.93. The minimum Gasteiger partial charge on any atom is -0.497 e. The van der Waals surface area contributed by atoms with Crippen LogP contribution in [0, 0.1) is 28.4 Å². The maximum Gasteiger partial charge on any atom is 0.343 e. The van der Waals surface area contributed by atoms with Crippen molar-refractivity contribution in [3.8, 4) is 17.6 Å². The number of anilines is 1. The van der Waals surface area contributed by atoms with E-state index in [4.69, 9.17) is 9.47 Å². The molecule has 0 fully saturated rings. The second kappa shape index (κ2) is 10.6. The van der Waals surface area contributed by atoms with Crippen LogP contribution in [0.2, 0.25) is 0 Å². The van der Waals surface area contributed by atoms with Crippen molar-refractivity contribution in [2.75, 3.05) is 12.4 Å². The van der Waals surface area contributed by atoms with Crippen molar-refractivity contribution in [3.05, 3.63) is 99.1 Å². The van der Waals surface area contributed by atoms with Gasteiger partial charge in [0.25, 0.3) is 11.6 Å². The first-order chi connectivity index (χ1) is 16.3. The Balaban J connectivity index is 1.69. The number of nitrogens with zero attached hydrogens (tertiary/aromatic N) is 2. The van der Waals surface area contributed by atoms with Gasteiger partial charge in [0.2, 0.25) is 0 Å². The summed E-state index contributed by atoms with van der Waals surface area (Å²) >= 11 is 0. The van der Waals surface area contributed by atoms with Crippen LogP contribution in [0.25, 0.3) is 6.08 Å². The van der Waals surface area contributed by atoms with Gasteiger partial charge in [-0.25, -0.2) is 4.79 Å². The molecule has 3 rings (SSSR count). The van der Waals surface area contributed by atoms with Crippen LogP contribution < -0.4 is 14.8 Å². The number of methoxy groups -OCH3 is 1. The molecule has 0 aliphatic heterocycles. The van der Waals surface area contributed by atoms with Gasteiger partial charge >= 0.3 is 5.97 Å². The van der Waals surface area contributed by atoms with E-state index in [-0.39, 0.29) is 11.3 Å². The Morgan fingerprint density at radius 2 is 1.68 bits per heavy atom. The Kier molecular flexibility index (Phi) is 7.36. The highest BCUT2D eigenvalue weighted by Gasteiger charge is 2.14. The van der Waals surface area contributed by atoms with Gasteiger partial charge < -0.3 is 14.8 Å². The van der Waals surface area contributed by atoms with E-state index in [0.29, 0.717) is 33.9 Å². The van der Waals surface area contributed by atoms with Crippen LogP contribution >= 0.6 is 0 Å². The minimum absolute atomic E-state index is 0.0978. The normalized spacial score (nSPS) is 10.7. The Labute approximate surface area is 195 Å². The van der Waals surface area contributed by atoms with Crippen LogP contribution in [0.1, 0.15) is 21.5 Å². The lowest BCUT2D eigenvalue weighted by Gasteiger charge is -2.08. The number of esters is 1. The zero-order valence-electron chi connectivity index (χ0n) is 18.3. The molecule has 0 saturated carbocycles. The van der Waals surface area contributed by atoms with Gasteiger partial charge in [-0.05, 0) is 66.6 Å². The van der Waals surface area contributed by atoms with E-state index in [9.17, 15) is 25.0 Å². The molecule has 0 aliphatic carbocycles. The van der Waals surface area contributed by atoms with Crippen LogP contribution in [0.3, 0.4) is 0 Å². The van der Waals surface area contributed by atoms with Crippen molar-refractivity contribution in [2.45, 2.75) is 6.92 Å². The Morgan fingerprint density at radius 3 is 2.24 bits per heavy atom. The summed E-state index contributed by atoms with van der Waals surface area (Å²) in [5.41, 5.74) is 1.48. The van der Waals surface area contributed by atoms with E-state index in [2.05, 4.69) is 5.32 Å². The second-order valence-electron chi connectivity index (χ2n) is 7.07. The van der Waals surface area contributed by atoms with E-state index in [0.717, 1.165) is 0 Å². The van der Waals surface area contributed by atoms with Crippen LogP contribution in [0.5, 0.6) is 11.5 Å². The fraction of sp³-hybridized carbons (Fsp3) is 0.0800. The molecule has 0 atom stereocenters. The average molecular weight is 457 g/mol. The number of hydrogen-bond donors (Lipinski definition) is 1. The molecule has 3 aromatic carbocycles. The minimum atomic E-state index is -0.658. The summed E-state index contributed by atoms with van der Waals surface area (Å²) in [5.74, 6) is -0.285. The molecule has 1 amide bonds. The molecule has 0 saturated heterocycles. The maximum atomic E-state index is 12.5. The summed E-state index contributed by atoms with van der Waals surface area (Å²) in [6, 6.07) is 18.6. The smallest absolute Gasteiger partial charge is 0.343 e. The number of carbonyl (C=O) groups is 2. The number of nitrogens with one attached hydrogen (secondary N) is 1. The predicted octanol–water partition coefficient (Wildman–Crippen LogP) is 4.68. The monoisotopic (exact) mass is 457 g/mol. The molecule has 0 radical (unpaired) electrons. The van der Waals surface area contributed by atoms with Crippen molar-refractivity contribution < 1.29 is 24.0 Å². The molecule has 0 bridgehead atoms. The molecule has 1 N–H and O–H groups in total. The molecule has 0 heterocycles. The largest absolute Gasteiger partial charge is 0.497 e. The summed E-state index contributed by atoms with van der Waals surface area (Å²) in [7, 11) is 1.53. The Bertz CT molecular complexity index is 1310. The summed E-state index contributed by atoms with van der Waals surface area (Å²) in [5, 5.41) is 22.9. The number of ether oxygens (including phenoxy) is 2. The zero-order valence-corrected chi connectivity index (χ0v) is 18.3. The number of rotatable bonds is 7. The number of non-ortho nitro benzene ring substituents is 1. The van der Waals surface area contributed by atoms with Crippen LogP contribution in [-0.2, 0) is 4.79 Å². The van der Waals surface area contributed by atoms with Gasteiger partial charge in [-0.2, -0.15) is 5.26 Å². The van der Waals surface area contributed by atoms with Crippen LogP contribution in [0.15, 0.2) is 72.3 Å². The SMILES string of the molecule is COc1ccc(C(=O)Oc2ccc(/C=C(\C#N)C(=O)Nc3ccc([N+](=O)[O-])cc3C)cc2)cc1. The average Bonchev–Trinajstić information content (AvgIpc) is 2.84. The summed E-state index contributed by atoms with van der Waals surface area (Å²) in [6.45, 7) is 1.62. The van der Waals surface area contributed by atoms with E-state index < -0.39 is 16.8 Å². The Morgan fingerprint density at radius 1 is 1.03 bits per heavy atom. The standard InChI is InChI=1S/C25H19N3O6/c1-16-13-20(28(31)32)7-12-23(16)27-24(29)19(15-26)14-17-3-8-22(9-4-17)34-25(30)18-5-10-21(33-2)11-6-18/h3-14H,1-2H3,(H,27,29)/b19-14+. The highest BCUT2D eigenvalue weighted by atomic mass is 16.6. The highest BCUT2D eigenvalue weighted by molar-refractivity contribution is 6.10. The number of amides is 1. The quantitative estimate of drug-likeness (QED) is 0.136. The maximum absolute atomic E-state index is 12.5. The predicted molar refractivity (Wildman–Crippen MR) is 124 cm³/mol. The van der Waals surface area contributed by atoms with Crippen molar-refractivity contribution in [2.24, 2.45) is 0 Å². The molecular weight excluding hydrogens is 438 g/mol. The van der Waals surface area contributed by atoms with E-state index in [1.165, 1.54) is 31.4 Å². The first-order valence-corrected chi connectivity index (χ1v) is 9.95. The number of nitro benzene ring substituents is 1. The molecule has 170 valence electrons. The lowest BCUT2D eigenvalue weighted by molar-refractivity contribution is -0.384. The summed E-state index contributed by atoms with van der Waals surface area (Å²) in [4.78, 5) is 35.1. The third-order valence-corrected chi connectivity index (χ3v) is 4.76. The third kappa shape index (κ3) is 5.83. The number of aryl methyl sites for hydroxylation is 1. The highest BCUT2D eigenvalue weighted by Crippen LogP contribution is 2.22. The lowest BCUT2D eigenvalue weighted by atomic mass is 10.1. The van der Waals surface area contributed by atoms with Crippen LogP contribution in [-0.4, -0.2) is 23.9 Å². The number of nitro groups is 1. The van der Waals surface area contributed by atoms with Gasteiger partial charge in [-0.15, -0.1) is 0 Å². The first-order valence-electron chi connectivity index (χ1n) is 9.95.